The highest BCUT2D eigenvalue weighted by molar-refractivity contribution is 7.52. The molecule has 0 fully saturated rings. The summed E-state index contributed by atoms with van der Waals surface area (Å²) in [6, 6.07) is 0. The van der Waals surface area contributed by atoms with Gasteiger partial charge in [-0.3, -0.25) is 4.57 Å². The Balaban J connectivity index is 2.65. The molecule has 0 aliphatic carbocycles. The maximum absolute atomic E-state index is 11.5. The predicted molar refractivity (Wildman–Crippen MR) is 59.4 cm³/mol. The van der Waals surface area contributed by atoms with E-state index in [1.807, 2.05) is 0 Å². The molecule has 2 rings (SSSR count). The van der Waals surface area contributed by atoms with Crippen molar-refractivity contribution >= 4 is 18.8 Å². The van der Waals surface area contributed by atoms with Gasteiger partial charge in [0.2, 0.25) is 0 Å². The van der Waals surface area contributed by atoms with E-state index < -0.39 is 13.1 Å². The van der Waals surface area contributed by atoms with Crippen molar-refractivity contribution < 1.29 is 23.8 Å². The number of fused-ring (bicyclic) bond motifs is 1. The van der Waals surface area contributed by atoms with Crippen LogP contribution in [0.3, 0.4) is 0 Å². The van der Waals surface area contributed by atoms with Crippen LogP contribution in [0.1, 0.15) is 5.82 Å². The van der Waals surface area contributed by atoms with Crippen LogP contribution in [-0.2, 0) is 19.6 Å². The number of hydrogen-bond donors (Lipinski definition) is 3. The van der Waals surface area contributed by atoms with Crippen LogP contribution in [0, 0.1) is 0 Å². The molecular weight excluding hydrogens is 263 g/mol. The predicted octanol–water partition coefficient (Wildman–Crippen LogP) is -0.0663. The molecule has 0 aromatic carbocycles. The molecule has 0 unspecified atom stereocenters. The standard InChI is InChI=1S/C8H11N4O5P/c1-16-8(17-2,18(13,14)15)7-11-5-3-9-4-10-6(5)12-7/h3-4H,1-2H3,(H2,13,14,15)(H,9,10,11,12). The molecule has 0 atom stereocenters. The van der Waals surface area contributed by atoms with Crippen LogP contribution in [0.4, 0.5) is 0 Å². The van der Waals surface area contributed by atoms with Gasteiger partial charge in [0.1, 0.15) is 11.8 Å². The molecular formula is C8H11N4O5P. The maximum atomic E-state index is 11.5. The van der Waals surface area contributed by atoms with Gasteiger partial charge in [-0.25, -0.2) is 15.0 Å². The summed E-state index contributed by atoms with van der Waals surface area (Å²) in [4.78, 5) is 33.0. The molecule has 18 heavy (non-hydrogen) atoms. The van der Waals surface area contributed by atoms with Crippen LogP contribution in [-0.4, -0.2) is 43.9 Å². The van der Waals surface area contributed by atoms with E-state index in [1.165, 1.54) is 12.5 Å². The average molecular weight is 274 g/mol. The van der Waals surface area contributed by atoms with Gasteiger partial charge in [0, 0.05) is 14.2 Å². The zero-order valence-electron chi connectivity index (χ0n) is 9.56. The topological polar surface area (TPSA) is 130 Å². The molecule has 0 radical (unpaired) electrons. The number of imidazole rings is 1. The summed E-state index contributed by atoms with van der Waals surface area (Å²) in [5.41, 5.74) is -1.61. The molecule has 2 aromatic rings. The summed E-state index contributed by atoms with van der Waals surface area (Å²) < 4.78 is 21.2. The number of methoxy groups -OCH3 is 2. The third-order valence-electron chi connectivity index (χ3n) is 2.40. The quantitative estimate of drug-likeness (QED) is 0.521. The van der Waals surface area contributed by atoms with Crippen molar-refractivity contribution in [2.45, 2.75) is 5.53 Å². The van der Waals surface area contributed by atoms with E-state index in [-0.39, 0.29) is 5.82 Å². The van der Waals surface area contributed by atoms with E-state index in [9.17, 15) is 14.4 Å². The Hall–Kier alpha value is -1.38. The normalized spacial score (nSPS) is 13.1. The molecule has 9 nitrogen and oxygen atoms in total. The summed E-state index contributed by atoms with van der Waals surface area (Å²) in [5.74, 6) is -0.170. The van der Waals surface area contributed by atoms with Crippen molar-refractivity contribution in [3.8, 4) is 0 Å². The lowest BCUT2D eigenvalue weighted by Gasteiger charge is -2.28. The van der Waals surface area contributed by atoms with E-state index in [4.69, 9.17) is 9.47 Å². The first-order chi connectivity index (χ1) is 8.44. The summed E-state index contributed by atoms with van der Waals surface area (Å²) in [6.45, 7) is 0. The largest absolute Gasteiger partial charge is 0.393 e. The van der Waals surface area contributed by atoms with E-state index in [0.29, 0.717) is 11.2 Å². The molecule has 3 N–H and O–H groups in total. The van der Waals surface area contributed by atoms with Crippen molar-refractivity contribution in [1.82, 2.24) is 19.9 Å². The molecule has 0 saturated heterocycles. The average Bonchev–Trinajstić information content (AvgIpc) is 2.73. The lowest BCUT2D eigenvalue weighted by atomic mass is 10.6. The highest BCUT2D eigenvalue weighted by atomic mass is 31.2. The third-order valence-corrected chi connectivity index (χ3v) is 3.74. The van der Waals surface area contributed by atoms with Crippen LogP contribution in [0.25, 0.3) is 11.2 Å². The van der Waals surface area contributed by atoms with Gasteiger partial charge in [0.25, 0.3) is 0 Å². The van der Waals surface area contributed by atoms with Crippen LogP contribution in [0.5, 0.6) is 0 Å². The SMILES string of the molecule is COC(OC)(c1nc2cncnc2[nH]1)P(=O)(O)O. The number of nitrogens with zero attached hydrogens (tertiary/aromatic N) is 3. The smallest absolute Gasteiger partial charge is 0.337 e. The van der Waals surface area contributed by atoms with Crippen LogP contribution >= 0.6 is 7.60 Å². The minimum atomic E-state index is -4.77. The fraction of sp³-hybridized carbons (Fsp3) is 0.375. The van der Waals surface area contributed by atoms with Gasteiger partial charge in [-0.1, -0.05) is 0 Å². The number of H-pyrrole nitrogens is 1. The molecule has 2 aromatic heterocycles. The lowest BCUT2D eigenvalue weighted by molar-refractivity contribution is -0.167. The van der Waals surface area contributed by atoms with Gasteiger partial charge in [0.15, 0.2) is 11.5 Å². The van der Waals surface area contributed by atoms with Crippen LogP contribution in [0.2, 0.25) is 0 Å². The van der Waals surface area contributed by atoms with E-state index in [0.717, 1.165) is 14.2 Å². The molecule has 98 valence electrons. The van der Waals surface area contributed by atoms with Crippen LogP contribution in [0.15, 0.2) is 12.5 Å². The Labute approximate surface area is 101 Å². The molecule has 0 bridgehead atoms. The van der Waals surface area contributed by atoms with Gasteiger partial charge >= 0.3 is 13.1 Å². The number of aromatic nitrogens is 4. The van der Waals surface area contributed by atoms with E-state index >= 15 is 0 Å². The maximum Gasteiger partial charge on any atom is 0.393 e. The molecule has 0 aliphatic heterocycles. The van der Waals surface area contributed by atoms with Crippen molar-refractivity contribution in [2.75, 3.05) is 14.2 Å². The Bertz CT molecular complexity index is 571. The minimum absolute atomic E-state index is 0.170. The lowest BCUT2D eigenvalue weighted by Crippen LogP contribution is -2.32. The zero-order valence-corrected chi connectivity index (χ0v) is 10.5. The fourth-order valence-corrected chi connectivity index (χ4v) is 2.42. The highest BCUT2D eigenvalue weighted by Gasteiger charge is 2.53. The van der Waals surface area contributed by atoms with Gasteiger partial charge in [-0.15, -0.1) is 0 Å². The summed E-state index contributed by atoms with van der Waals surface area (Å²) >= 11 is 0. The number of rotatable bonds is 4. The Morgan fingerprint density at radius 3 is 2.56 bits per heavy atom. The second kappa shape index (κ2) is 4.38. The molecule has 0 spiro atoms. The van der Waals surface area contributed by atoms with Gasteiger partial charge in [-0.2, -0.15) is 0 Å². The van der Waals surface area contributed by atoms with Crippen LogP contribution < -0.4 is 0 Å². The first-order valence-corrected chi connectivity index (χ1v) is 6.38. The summed E-state index contributed by atoms with van der Waals surface area (Å²) in [7, 11) is -2.55. The van der Waals surface area contributed by atoms with Crippen molar-refractivity contribution in [1.29, 1.82) is 0 Å². The summed E-state index contributed by atoms with van der Waals surface area (Å²) in [5, 5.41) is 0. The molecule has 0 saturated carbocycles. The fourth-order valence-electron chi connectivity index (χ4n) is 1.56. The molecule has 0 amide bonds. The molecule has 10 heteroatoms. The van der Waals surface area contributed by atoms with Crippen molar-refractivity contribution in [2.24, 2.45) is 0 Å². The molecule has 2 heterocycles. The van der Waals surface area contributed by atoms with Gasteiger partial charge in [0.05, 0.1) is 6.20 Å². The monoisotopic (exact) mass is 274 g/mol. The summed E-state index contributed by atoms with van der Waals surface area (Å²) in [6.07, 6.45) is 2.68. The minimum Gasteiger partial charge on any atom is -0.337 e. The van der Waals surface area contributed by atoms with Gasteiger partial charge < -0.3 is 24.2 Å². The second-order valence-electron chi connectivity index (χ2n) is 3.38. The Morgan fingerprint density at radius 2 is 2.06 bits per heavy atom. The number of aromatic amines is 1. The van der Waals surface area contributed by atoms with E-state index in [1.54, 1.807) is 0 Å². The third kappa shape index (κ3) is 1.82. The van der Waals surface area contributed by atoms with Crippen molar-refractivity contribution in [3.63, 3.8) is 0 Å². The number of hydrogen-bond acceptors (Lipinski definition) is 6. The molecule has 0 aliphatic rings. The number of nitrogens with one attached hydrogen (secondary N) is 1. The number of ether oxygens (including phenoxy) is 2. The first-order valence-electron chi connectivity index (χ1n) is 4.77. The zero-order chi connectivity index (χ0) is 13.4. The van der Waals surface area contributed by atoms with Crippen molar-refractivity contribution in [3.05, 3.63) is 18.3 Å². The Morgan fingerprint density at radius 1 is 1.39 bits per heavy atom. The van der Waals surface area contributed by atoms with E-state index in [2.05, 4.69) is 19.9 Å². The highest BCUT2D eigenvalue weighted by Crippen LogP contribution is 2.57. The Kier molecular flexibility index (Phi) is 3.18. The second-order valence-corrected chi connectivity index (χ2v) is 5.05. The van der Waals surface area contributed by atoms with Gasteiger partial charge in [-0.05, 0) is 0 Å². The first kappa shape index (κ1) is 13.1.